The number of carboxylic acids is 1. The number of carboxylic acid groups (broad SMARTS) is 1. The van der Waals surface area contributed by atoms with Gasteiger partial charge in [-0.15, -0.1) is 0 Å². The minimum absolute atomic E-state index is 0.0245. The fourth-order valence-corrected chi connectivity index (χ4v) is 5.21. The number of benzene rings is 2. The normalized spacial score (nSPS) is 15.9. The highest BCUT2D eigenvalue weighted by Crippen LogP contribution is 2.31. The Balaban J connectivity index is 1.65. The molecule has 0 bridgehead atoms. The lowest BCUT2D eigenvalue weighted by Crippen LogP contribution is -2.54. The molecule has 1 aliphatic rings. The Labute approximate surface area is 259 Å². The SMILES string of the molecule is CC(C)OCCN(C(=O)C(S)C(C)(C)C(N)C(=O)O)c1ccc(C(=O)N2CCN(CCc3ccc(Cl)cc3)CC2)cc1. The summed E-state index contributed by atoms with van der Waals surface area (Å²) < 4.78 is 5.68. The highest BCUT2D eigenvalue weighted by molar-refractivity contribution is 7.81. The summed E-state index contributed by atoms with van der Waals surface area (Å²) in [6.45, 7) is 11.3. The molecule has 3 N–H and O–H groups in total. The number of hydrogen-bond donors (Lipinski definition) is 3. The number of nitrogens with two attached hydrogens (primary N) is 1. The number of thiol groups is 1. The van der Waals surface area contributed by atoms with Crippen LogP contribution in [-0.2, 0) is 20.7 Å². The van der Waals surface area contributed by atoms with E-state index < -0.39 is 22.7 Å². The number of carbonyl (C=O) groups is 3. The number of halogens is 1. The van der Waals surface area contributed by atoms with Crippen molar-refractivity contribution in [1.29, 1.82) is 0 Å². The highest BCUT2D eigenvalue weighted by atomic mass is 35.5. The predicted molar refractivity (Wildman–Crippen MR) is 170 cm³/mol. The van der Waals surface area contributed by atoms with Crippen LogP contribution >= 0.6 is 24.2 Å². The van der Waals surface area contributed by atoms with Crippen molar-refractivity contribution >= 4 is 47.7 Å². The second-order valence-corrected chi connectivity index (χ2v) is 12.5. The molecule has 2 aromatic rings. The van der Waals surface area contributed by atoms with Crippen LogP contribution in [0.25, 0.3) is 0 Å². The number of carbonyl (C=O) groups excluding carboxylic acids is 2. The average molecular weight is 619 g/mol. The lowest BCUT2D eigenvalue weighted by atomic mass is 9.80. The molecule has 230 valence electrons. The zero-order chi connectivity index (χ0) is 31.0. The molecule has 11 heteroatoms. The van der Waals surface area contributed by atoms with E-state index in [1.165, 1.54) is 10.5 Å². The van der Waals surface area contributed by atoms with E-state index in [1.807, 2.05) is 43.0 Å². The molecular weight excluding hydrogens is 576 g/mol. The quantitative estimate of drug-likeness (QED) is 0.292. The van der Waals surface area contributed by atoms with Crippen molar-refractivity contribution in [2.24, 2.45) is 11.1 Å². The summed E-state index contributed by atoms with van der Waals surface area (Å²) in [6.07, 6.45) is 0.903. The Morgan fingerprint density at radius 2 is 1.64 bits per heavy atom. The van der Waals surface area contributed by atoms with Gasteiger partial charge in [-0.2, -0.15) is 12.6 Å². The summed E-state index contributed by atoms with van der Waals surface area (Å²) >= 11 is 10.5. The van der Waals surface area contributed by atoms with Gasteiger partial charge in [0.2, 0.25) is 5.91 Å². The molecule has 1 saturated heterocycles. The van der Waals surface area contributed by atoms with E-state index in [0.29, 0.717) is 24.3 Å². The van der Waals surface area contributed by atoms with E-state index in [1.54, 1.807) is 38.1 Å². The van der Waals surface area contributed by atoms with Crippen LogP contribution in [0.3, 0.4) is 0 Å². The van der Waals surface area contributed by atoms with Gasteiger partial charge in [0.25, 0.3) is 5.91 Å². The van der Waals surface area contributed by atoms with E-state index >= 15 is 0 Å². The summed E-state index contributed by atoms with van der Waals surface area (Å²) in [6, 6.07) is 13.5. The van der Waals surface area contributed by atoms with Crippen LogP contribution < -0.4 is 10.6 Å². The first-order valence-corrected chi connectivity index (χ1v) is 15.2. The van der Waals surface area contributed by atoms with E-state index in [0.717, 1.165) is 31.1 Å². The molecule has 42 heavy (non-hydrogen) atoms. The summed E-state index contributed by atoms with van der Waals surface area (Å²) in [5, 5.41) is 9.19. The number of aliphatic carboxylic acids is 1. The van der Waals surface area contributed by atoms with Crippen LogP contribution in [0.1, 0.15) is 43.6 Å². The van der Waals surface area contributed by atoms with Gasteiger partial charge in [0.05, 0.1) is 18.0 Å². The molecule has 0 spiro atoms. The molecule has 2 atom stereocenters. The van der Waals surface area contributed by atoms with Crippen molar-refractivity contribution in [3.8, 4) is 0 Å². The third-order valence-corrected chi connectivity index (χ3v) is 8.89. The number of anilines is 1. The van der Waals surface area contributed by atoms with Gasteiger partial charge in [-0.05, 0) is 62.2 Å². The van der Waals surface area contributed by atoms with Crippen molar-refractivity contribution in [2.45, 2.75) is 51.5 Å². The fourth-order valence-electron chi connectivity index (χ4n) is 4.78. The lowest BCUT2D eigenvalue weighted by Gasteiger charge is -2.36. The molecule has 1 aliphatic heterocycles. The summed E-state index contributed by atoms with van der Waals surface area (Å²) in [5.74, 6) is -1.64. The van der Waals surface area contributed by atoms with Crippen LogP contribution in [0.15, 0.2) is 48.5 Å². The van der Waals surface area contributed by atoms with Crippen molar-refractivity contribution in [3.05, 3.63) is 64.7 Å². The van der Waals surface area contributed by atoms with Gasteiger partial charge in [-0.3, -0.25) is 19.3 Å². The zero-order valence-corrected chi connectivity index (χ0v) is 26.5. The minimum atomic E-state index is -1.28. The molecule has 9 nitrogen and oxygen atoms in total. The number of nitrogens with zero attached hydrogens (tertiary/aromatic N) is 3. The fraction of sp³-hybridized carbons (Fsp3) is 0.516. The van der Waals surface area contributed by atoms with E-state index in [9.17, 15) is 19.5 Å². The molecule has 1 fully saturated rings. The van der Waals surface area contributed by atoms with Crippen LogP contribution in [0.5, 0.6) is 0 Å². The largest absolute Gasteiger partial charge is 0.480 e. The van der Waals surface area contributed by atoms with E-state index in [2.05, 4.69) is 17.5 Å². The molecule has 1 heterocycles. The third-order valence-electron chi connectivity index (χ3n) is 7.75. The zero-order valence-electron chi connectivity index (χ0n) is 24.8. The van der Waals surface area contributed by atoms with E-state index in [-0.39, 0.29) is 31.1 Å². The van der Waals surface area contributed by atoms with Gasteiger partial charge in [0, 0.05) is 61.0 Å². The number of rotatable bonds is 13. The molecule has 0 saturated carbocycles. The Morgan fingerprint density at radius 1 is 1.05 bits per heavy atom. The molecule has 3 rings (SSSR count). The van der Waals surface area contributed by atoms with Gasteiger partial charge in [-0.25, -0.2) is 0 Å². The first-order valence-electron chi connectivity index (χ1n) is 14.3. The van der Waals surface area contributed by atoms with Crippen molar-refractivity contribution in [3.63, 3.8) is 0 Å². The standard InChI is InChI=1S/C31H43ClN4O5S/c1-21(2)41-20-19-36(29(38)27(42)31(3,4)26(33)30(39)40)25-11-7-23(8-12-25)28(37)35-17-15-34(16-18-35)14-13-22-5-9-24(32)10-6-22/h5-12,21,26-27,42H,13-20,33H2,1-4H3,(H,39,40). The molecule has 0 radical (unpaired) electrons. The van der Waals surface area contributed by atoms with Gasteiger partial charge in [0.15, 0.2) is 0 Å². The monoisotopic (exact) mass is 618 g/mol. The number of hydrogen-bond acceptors (Lipinski definition) is 7. The van der Waals surface area contributed by atoms with Crippen LogP contribution in [-0.4, -0.2) is 96.0 Å². The molecule has 2 unspecified atom stereocenters. The molecular formula is C31H43ClN4O5S. The highest BCUT2D eigenvalue weighted by Gasteiger charge is 2.43. The smallest absolute Gasteiger partial charge is 0.321 e. The molecule has 2 aromatic carbocycles. The Hall–Kier alpha value is -2.63. The van der Waals surface area contributed by atoms with Crippen molar-refractivity contribution < 1.29 is 24.2 Å². The van der Waals surface area contributed by atoms with Crippen LogP contribution in [0, 0.1) is 5.41 Å². The maximum absolute atomic E-state index is 13.6. The Kier molecular flexibility index (Phi) is 12.3. The second kappa shape index (κ2) is 15.2. The van der Waals surface area contributed by atoms with E-state index in [4.69, 9.17) is 22.1 Å². The Morgan fingerprint density at radius 3 is 2.19 bits per heavy atom. The van der Waals surface area contributed by atoms with Gasteiger partial charge >= 0.3 is 5.97 Å². The van der Waals surface area contributed by atoms with Gasteiger partial charge < -0.3 is 25.4 Å². The maximum Gasteiger partial charge on any atom is 0.321 e. The maximum atomic E-state index is 13.6. The first kappa shape index (κ1) is 33.9. The van der Waals surface area contributed by atoms with Crippen molar-refractivity contribution in [2.75, 3.05) is 50.8 Å². The van der Waals surface area contributed by atoms with Gasteiger partial charge in [0.1, 0.15) is 6.04 Å². The first-order chi connectivity index (χ1) is 19.8. The minimum Gasteiger partial charge on any atom is -0.480 e. The summed E-state index contributed by atoms with van der Waals surface area (Å²) in [7, 11) is 0. The molecule has 0 aromatic heterocycles. The lowest BCUT2D eigenvalue weighted by molar-refractivity contribution is -0.141. The topological polar surface area (TPSA) is 116 Å². The molecule has 2 amide bonds. The second-order valence-electron chi connectivity index (χ2n) is 11.5. The molecule has 0 aliphatic carbocycles. The van der Waals surface area contributed by atoms with Crippen molar-refractivity contribution in [1.82, 2.24) is 9.80 Å². The van der Waals surface area contributed by atoms with Crippen LogP contribution in [0.2, 0.25) is 5.02 Å². The summed E-state index contributed by atoms with van der Waals surface area (Å²) in [4.78, 5) is 44.2. The van der Waals surface area contributed by atoms with Crippen LogP contribution in [0.4, 0.5) is 5.69 Å². The number of piperazine rings is 1. The number of amides is 2. The summed E-state index contributed by atoms with van der Waals surface area (Å²) in [5.41, 5.74) is 7.11. The Bertz CT molecular complexity index is 1200. The average Bonchev–Trinajstić information content (AvgIpc) is 2.97. The number of ether oxygens (including phenoxy) is 1. The predicted octanol–water partition coefficient (Wildman–Crippen LogP) is 3.84. The van der Waals surface area contributed by atoms with Gasteiger partial charge in [-0.1, -0.05) is 37.6 Å². The third kappa shape index (κ3) is 8.94.